The van der Waals surface area contributed by atoms with Crippen molar-refractivity contribution < 1.29 is 13.2 Å². The predicted molar refractivity (Wildman–Crippen MR) is 87.9 cm³/mol. The number of fused-ring (bicyclic) bond motifs is 2. The van der Waals surface area contributed by atoms with Gasteiger partial charge in [-0.05, 0) is 42.0 Å². The van der Waals surface area contributed by atoms with Gasteiger partial charge >= 0.3 is 0 Å². The van der Waals surface area contributed by atoms with Gasteiger partial charge in [0.15, 0.2) is 0 Å². The molecule has 0 amide bonds. The second kappa shape index (κ2) is 5.66. The summed E-state index contributed by atoms with van der Waals surface area (Å²) in [5.74, 6) is 0. The van der Waals surface area contributed by atoms with Crippen LogP contribution >= 0.6 is 11.3 Å². The molecule has 0 saturated carbocycles. The Bertz CT molecular complexity index is 794. The summed E-state index contributed by atoms with van der Waals surface area (Å²) >= 11 is 1.78. The summed E-state index contributed by atoms with van der Waals surface area (Å²) in [5.41, 5.74) is 0.973. The van der Waals surface area contributed by atoms with Crippen molar-refractivity contribution in [2.24, 2.45) is 0 Å². The zero-order chi connectivity index (χ0) is 15.9. The molecule has 0 aliphatic carbocycles. The van der Waals surface area contributed by atoms with Gasteiger partial charge < -0.3 is 4.74 Å². The van der Waals surface area contributed by atoms with Gasteiger partial charge in [0.25, 0.3) is 0 Å². The molecule has 4 rings (SSSR count). The van der Waals surface area contributed by atoms with E-state index in [9.17, 15) is 8.42 Å². The highest BCUT2D eigenvalue weighted by Crippen LogP contribution is 2.43. The highest BCUT2D eigenvalue weighted by Gasteiger charge is 2.43. The molecule has 1 saturated heterocycles. The van der Waals surface area contributed by atoms with Crippen LogP contribution in [0.5, 0.6) is 0 Å². The molecular weight excluding hydrogens is 332 g/mol. The van der Waals surface area contributed by atoms with E-state index in [1.165, 1.54) is 16.6 Å². The van der Waals surface area contributed by atoms with Gasteiger partial charge in [0.1, 0.15) is 4.90 Å². The molecule has 2 aliphatic rings. The standard InChI is InChI=1S/C16H18N2O3S2/c19-23(20,13-2-1-7-17-12-13)18-8-5-16(6-9-18)14-4-11-22-15(14)3-10-21-16/h1-2,4,7,11-12H,3,5-6,8-10H2. The number of hydrogen-bond donors (Lipinski definition) is 0. The van der Waals surface area contributed by atoms with Crippen molar-refractivity contribution in [1.29, 1.82) is 0 Å². The molecule has 2 aliphatic heterocycles. The van der Waals surface area contributed by atoms with E-state index in [0.29, 0.717) is 25.9 Å². The van der Waals surface area contributed by atoms with E-state index in [4.69, 9.17) is 4.74 Å². The SMILES string of the molecule is O=S(=O)(c1cccnc1)N1CCC2(CC1)OCCc1sccc12. The summed E-state index contributed by atoms with van der Waals surface area (Å²) in [7, 11) is -3.46. The summed E-state index contributed by atoms with van der Waals surface area (Å²) in [6, 6.07) is 5.39. The first-order valence-corrected chi connectivity index (χ1v) is 10.0. The average Bonchev–Trinajstić information content (AvgIpc) is 3.07. The second-order valence-corrected chi connectivity index (χ2v) is 8.88. The average molecular weight is 350 g/mol. The first-order valence-electron chi connectivity index (χ1n) is 7.73. The van der Waals surface area contributed by atoms with Crippen LogP contribution in [0.15, 0.2) is 40.9 Å². The van der Waals surface area contributed by atoms with Crippen LogP contribution in [0.1, 0.15) is 23.3 Å². The highest BCUT2D eigenvalue weighted by molar-refractivity contribution is 7.89. The van der Waals surface area contributed by atoms with E-state index in [0.717, 1.165) is 13.0 Å². The summed E-state index contributed by atoms with van der Waals surface area (Å²) < 4.78 is 33.1. The third kappa shape index (κ3) is 2.52. The molecule has 7 heteroatoms. The van der Waals surface area contributed by atoms with Crippen LogP contribution in [0.4, 0.5) is 0 Å². The smallest absolute Gasteiger partial charge is 0.244 e. The number of piperidine rings is 1. The maximum atomic E-state index is 12.7. The van der Waals surface area contributed by atoms with Crippen molar-refractivity contribution in [2.75, 3.05) is 19.7 Å². The molecule has 5 nitrogen and oxygen atoms in total. The van der Waals surface area contributed by atoms with Crippen molar-refractivity contribution >= 4 is 21.4 Å². The van der Waals surface area contributed by atoms with Gasteiger partial charge in [-0.25, -0.2) is 8.42 Å². The lowest BCUT2D eigenvalue weighted by molar-refractivity contribution is -0.0882. The Labute approximate surface area is 140 Å². The van der Waals surface area contributed by atoms with E-state index in [-0.39, 0.29) is 10.5 Å². The van der Waals surface area contributed by atoms with Crippen molar-refractivity contribution in [3.05, 3.63) is 46.4 Å². The van der Waals surface area contributed by atoms with Crippen LogP contribution in [0.2, 0.25) is 0 Å². The molecule has 122 valence electrons. The van der Waals surface area contributed by atoms with Gasteiger partial charge in [-0.1, -0.05) is 0 Å². The lowest BCUT2D eigenvalue weighted by Gasteiger charge is -2.43. The number of ether oxygens (including phenoxy) is 1. The monoisotopic (exact) mass is 350 g/mol. The van der Waals surface area contributed by atoms with Gasteiger partial charge in [0.05, 0.1) is 12.2 Å². The summed E-state index contributed by atoms with van der Waals surface area (Å²) in [4.78, 5) is 5.57. The van der Waals surface area contributed by atoms with Crippen molar-refractivity contribution in [3.63, 3.8) is 0 Å². The van der Waals surface area contributed by atoms with E-state index >= 15 is 0 Å². The zero-order valence-corrected chi connectivity index (χ0v) is 14.3. The number of aromatic nitrogens is 1. The molecule has 0 radical (unpaired) electrons. The fraction of sp³-hybridized carbons (Fsp3) is 0.438. The molecule has 0 bridgehead atoms. The third-order valence-electron chi connectivity index (χ3n) is 4.75. The summed E-state index contributed by atoms with van der Waals surface area (Å²) in [6.07, 6.45) is 5.37. The quantitative estimate of drug-likeness (QED) is 0.834. The molecule has 0 atom stereocenters. The minimum Gasteiger partial charge on any atom is -0.370 e. The molecule has 2 aromatic heterocycles. The van der Waals surface area contributed by atoms with Gasteiger partial charge in [0, 0.05) is 36.8 Å². The number of rotatable bonds is 2. The largest absolute Gasteiger partial charge is 0.370 e. The molecule has 0 N–H and O–H groups in total. The predicted octanol–water partition coefficient (Wildman–Crippen LogP) is 2.40. The Morgan fingerprint density at radius 3 is 2.83 bits per heavy atom. The zero-order valence-electron chi connectivity index (χ0n) is 12.6. The van der Waals surface area contributed by atoms with Crippen LogP contribution in [0, 0.1) is 0 Å². The second-order valence-electron chi connectivity index (χ2n) is 5.94. The van der Waals surface area contributed by atoms with E-state index in [1.54, 1.807) is 34.0 Å². The number of hydrogen-bond acceptors (Lipinski definition) is 5. The number of thiophene rings is 1. The Kier molecular flexibility index (Phi) is 3.76. The third-order valence-corrected chi connectivity index (χ3v) is 7.61. The minimum atomic E-state index is -3.46. The van der Waals surface area contributed by atoms with E-state index in [2.05, 4.69) is 16.4 Å². The molecular formula is C16H18N2O3S2. The summed E-state index contributed by atoms with van der Waals surface area (Å²) in [6.45, 7) is 1.68. The Hall–Kier alpha value is -1.28. The van der Waals surface area contributed by atoms with Gasteiger partial charge in [-0.3, -0.25) is 4.98 Å². The fourth-order valence-electron chi connectivity index (χ4n) is 3.51. The van der Waals surface area contributed by atoms with Crippen LogP contribution in [-0.2, 0) is 26.8 Å². The molecule has 0 unspecified atom stereocenters. The molecule has 0 aromatic carbocycles. The van der Waals surface area contributed by atoms with Crippen LogP contribution in [0.3, 0.4) is 0 Å². The Morgan fingerprint density at radius 1 is 1.26 bits per heavy atom. The van der Waals surface area contributed by atoms with Crippen molar-refractivity contribution in [3.8, 4) is 0 Å². The maximum Gasteiger partial charge on any atom is 0.244 e. The molecule has 4 heterocycles. The van der Waals surface area contributed by atoms with Gasteiger partial charge in [-0.15, -0.1) is 11.3 Å². The number of nitrogens with zero attached hydrogens (tertiary/aromatic N) is 2. The van der Waals surface area contributed by atoms with Crippen LogP contribution in [0.25, 0.3) is 0 Å². The maximum absolute atomic E-state index is 12.7. The van der Waals surface area contributed by atoms with Crippen molar-refractivity contribution in [1.82, 2.24) is 9.29 Å². The fourth-order valence-corrected chi connectivity index (χ4v) is 5.86. The Balaban J connectivity index is 1.57. The van der Waals surface area contributed by atoms with Gasteiger partial charge in [0.2, 0.25) is 10.0 Å². The molecule has 23 heavy (non-hydrogen) atoms. The summed E-state index contributed by atoms with van der Waals surface area (Å²) in [5, 5.41) is 2.11. The molecule has 1 fully saturated rings. The molecule has 2 aromatic rings. The Morgan fingerprint density at radius 2 is 2.09 bits per heavy atom. The normalized spacial score (nSPS) is 21.2. The van der Waals surface area contributed by atoms with E-state index < -0.39 is 10.0 Å². The molecule has 1 spiro atoms. The lowest BCUT2D eigenvalue weighted by atomic mass is 9.83. The first kappa shape index (κ1) is 15.3. The van der Waals surface area contributed by atoms with Gasteiger partial charge in [-0.2, -0.15) is 4.31 Å². The minimum absolute atomic E-state index is 0.261. The number of pyridine rings is 1. The highest BCUT2D eigenvalue weighted by atomic mass is 32.2. The lowest BCUT2D eigenvalue weighted by Crippen LogP contribution is -2.47. The topological polar surface area (TPSA) is 59.5 Å². The van der Waals surface area contributed by atoms with E-state index in [1.807, 2.05) is 0 Å². The first-order chi connectivity index (χ1) is 11.1. The number of sulfonamides is 1. The van der Waals surface area contributed by atoms with Crippen LogP contribution < -0.4 is 0 Å². The van der Waals surface area contributed by atoms with Crippen LogP contribution in [-0.4, -0.2) is 37.4 Å². The van der Waals surface area contributed by atoms with Crippen molar-refractivity contribution in [2.45, 2.75) is 29.8 Å².